The maximum atomic E-state index is 13.1. The minimum Gasteiger partial charge on any atom is -0.480 e. The fourth-order valence-electron chi connectivity index (χ4n) is 1.65. The van der Waals surface area contributed by atoms with Gasteiger partial charge in [0, 0.05) is 17.5 Å². The van der Waals surface area contributed by atoms with E-state index in [0.717, 1.165) is 36.0 Å². The molecule has 7 heteroatoms. The summed E-state index contributed by atoms with van der Waals surface area (Å²) in [4.78, 5) is 14.6. The molecule has 0 aliphatic heterocycles. The van der Waals surface area contributed by atoms with E-state index in [9.17, 15) is 14.5 Å². The summed E-state index contributed by atoms with van der Waals surface area (Å²) in [5.74, 6) is -0.657. The maximum Gasteiger partial charge on any atom is 0.311 e. The van der Waals surface area contributed by atoms with Crippen molar-refractivity contribution in [1.82, 2.24) is 4.98 Å². The number of hydrogen-bond donors (Lipinski definition) is 0. The summed E-state index contributed by atoms with van der Waals surface area (Å²) in [6.07, 6.45) is 1.90. The van der Waals surface area contributed by atoms with Gasteiger partial charge in [-0.2, -0.15) is 0 Å². The van der Waals surface area contributed by atoms with E-state index in [1.807, 2.05) is 5.38 Å². The minimum absolute atomic E-state index is 0.0833. The Morgan fingerprint density at radius 2 is 2.30 bits per heavy atom. The molecule has 0 bridgehead atoms. The van der Waals surface area contributed by atoms with Gasteiger partial charge in [-0.15, -0.1) is 11.3 Å². The molecule has 0 saturated heterocycles. The summed E-state index contributed by atoms with van der Waals surface area (Å²) in [5.41, 5.74) is 0.437. The van der Waals surface area contributed by atoms with Crippen LogP contribution in [0.2, 0.25) is 0 Å². The van der Waals surface area contributed by atoms with Crippen LogP contribution in [-0.4, -0.2) is 9.91 Å². The van der Waals surface area contributed by atoms with Crippen LogP contribution >= 0.6 is 11.3 Å². The zero-order valence-corrected chi connectivity index (χ0v) is 11.7. The van der Waals surface area contributed by atoms with Crippen LogP contribution in [-0.2, 0) is 13.0 Å². The topological polar surface area (TPSA) is 65.3 Å². The van der Waals surface area contributed by atoms with Gasteiger partial charge in [-0.1, -0.05) is 6.92 Å². The third-order valence-corrected chi connectivity index (χ3v) is 3.51. The zero-order chi connectivity index (χ0) is 14.5. The van der Waals surface area contributed by atoms with Gasteiger partial charge in [-0.25, -0.2) is 9.37 Å². The van der Waals surface area contributed by atoms with Gasteiger partial charge >= 0.3 is 5.69 Å². The van der Waals surface area contributed by atoms with E-state index in [0.29, 0.717) is 5.69 Å². The Kier molecular flexibility index (Phi) is 4.62. The summed E-state index contributed by atoms with van der Waals surface area (Å²) in [7, 11) is 0. The van der Waals surface area contributed by atoms with Crippen molar-refractivity contribution < 1.29 is 14.1 Å². The number of aryl methyl sites for hydroxylation is 1. The number of nitro benzene ring substituents is 1. The normalized spacial score (nSPS) is 10.5. The molecular formula is C13H13FN2O3S. The van der Waals surface area contributed by atoms with Crippen LogP contribution < -0.4 is 4.74 Å². The van der Waals surface area contributed by atoms with E-state index in [1.54, 1.807) is 0 Å². The summed E-state index contributed by atoms with van der Waals surface area (Å²) < 4.78 is 18.4. The quantitative estimate of drug-likeness (QED) is 0.602. The minimum atomic E-state index is -0.599. The second kappa shape index (κ2) is 6.42. The standard InChI is InChI=1S/C13H13FN2O3S/c1-2-3-13-15-10(8-20-13)7-19-12-6-9(14)4-5-11(12)16(17)18/h4-6,8H,2-3,7H2,1H3. The van der Waals surface area contributed by atoms with Crippen molar-refractivity contribution in [3.63, 3.8) is 0 Å². The van der Waals surface area contributed by atoms with Gasteiger partial charge in [0.15, 0.2) is 5.75 Å². The predicted molar refractivity (Wildman–Crippen MR) is 73.5 cm³/mol. The Bertz CT molecular complexity index is 615. The van der Waals surface area contributed by atoms with Crippen LogP contribution in [0.25, 0.3) is 0 Å². The van der Waals surface area contributed by atoms with Gasteiger partial charge in [-0.05, 0) is 18.9 Å². The Balaban J connectivity index is 2.09. The molecule has 0 N–H and O–H groups in total. The van der Waals surface area contributed by atoms with Crippen molar-refractivity contribution in [2.24, 2.45) is 0 Å². The number of rotatable bonds is 6. The lowest BCUT2D eigenvalue weighted by Gasteiger charge is -2.05. The molecule has 0 aliphatic rings. The van der Waals surface area contributed by atoms with E-state index >= 15 is 0 Å². The molecule has 1 aromatic heterocycles. The predicted octanol–water partition coefficient (Wildman–Crippen LogP) is 3.72. The van der Waals surface area contributed by atoms with Gasteiger partial charge in [0.25, 0.3) is 0 Å². The average molecular weight is 296 g/mol. The third kappa shape index (κ3) is 3.51. The first-order chi connectivity index (χ1) is 9.60. The van der Waals surface area contributed by atoms with Crippen LogP contribution in [0.1, 0.15) is 24.0 Å². The van der Waals surface area contributed by atoms with Gasteiger partial charge in [0.1, 0.15) is 12.4 Å². The summed E-state index contributed by atoms with van der Waals surface area (Å²) in [6.45, 7) is 2.15. The number of nitro groups is 1. The molecule has 1 aromatic carbocycles. The molecule has 20 heavy (non-hydrogen) atoms. The molecule has 106 valence electrons. The van der Waals surface area contributed by atoms with Gasteiger partial charge in [0.2, 0.25) is 0 Å². The van der Waals surface area contributed by atoms with E-state index < -0.39 is 10.7 Å². The highest BCUT2D eigenvalue weighted by Crippen LogP contribution is 2.28. The number of benzene rings is 1. The molecule has 0 unspecified atom stereocenters. The smallest absolute Gasteiger partial charge is 0.311 e. The summed E-state index contributed by atoms with van der Waals surface area (Å²) >= 11 is 1.52. The van der Waals surface area contributed by atoms with E-state index in [-0.39, 0.29) is 18.0 Å². The van der Waals surface area contributed by atoms with Crippen molar-refractivity contribution in [1.29, 1.82) is 0 Å². The van der Waals surface area contributed by atoms with Crippen LogP contribution in [0.15, 0.2) is 23.6 Å². The van der Waals surface area contributed by atoms with Crippen molar-refractivity contribution in [2.75, 3.05) is 0 Å². The Morgan fingerprint density at radius 3 is 3.00 bits per heavy atom. The highest BCUT2D eigenvalue weighted by molar-refractivity contribution is 7.09. The molecule has 1 heterocycles. The number of aromatic nitrogens is 1. The van der Waals surface area contributed by atoms with Crippen LogP contribution in [0.5, 0.6) is 5.75 Å². The van der Waals surface area contributed by atoms with Gasteiger partial charge in [0.05, 0.1) is 15.6 Å². The molecule has 0 spiro atoms. The maximum absolute atomic E-state index is 13.1. The Labute approximate surface area is 119 Å². The van der Waals surface area contributed by atoms with E-state index in [2.05, 4.69) is 11.9 Å². The molecule has 0 saturated carbocycles. The van der Waals surface area contributed by atoms with E-state index in [1.165, 1.54) is 11.3 Å². The number of thiazole rings is 1. The molecule has 0 atom stereocenters. The second-order valence-electron chi connectivity index (χ2n) is 4.14. The van der Waals surface area contributed by atoms with Gasteiger partial charge < -0.3 is 4.74 Å². The lowest BCUT2D eigenvalue weighted by Crippen LogP contribution is -2.00. The van der Waals surface area contributed by atoms with Crippen molar-refractivity contribution in [3.05, 3.63) is 50.2 Å². The molecule has 2 aromatic rings. The first kappa shape index (κ1) is 14.4. The highest BCUT2D eigenvalue weighted by Gasteiger charge is 2.16. The van der Waals surface area contributed by atoms with E-state index in [4.69, 9.17) is 4.74 Å². The molecule has 0 radical (unpaired) electrons. The van der Waals surface area contributed by atoms with Crippen molar-refractivity contribution in [3.8, 4) is 5.75 Å². The lowest BCUT2D eigenvalue weighted by molar-refractivity contribution is -0.386. The number of hydrogen-bond acceptors (Lipinski definition) is 5. The SMILES string of the molecule is CCCc1nc(COc2cc(F)ccc2[N+](=O)[O-])cs1. The average Bonchev–Trinajstić information content (AvgIpc) is 2.84. The molecule has 5 nitrogen and oxygen atoms in total. The molecule has 0 aliphatic carbocycles. The van der Waals surface area contributed by atoms with Crippen LogP contribution in [0.3, 0.4) is 0 Å². The third-order valence-electron chi connectivity index (χ3n) is 2.56. The molecule has 2 rings (SSSR count). The Hall–Kier alpha value is -2.02. The molecule has 0 amide bonds. The Morgan fingerprint density at radius 1 is 1.50 bits per heavy atom. The molecular weight excluding hydrogens is 283 g/mol. The van der Waals surface area contributed by atoms with Gasteiger partial charge in [-0.3, -0.25) is 10.1 Å². The number of halogens is 1. The summed E-state index contributed by atoms with van der Waals surface area (Å²) in [5, 5.41) is 13.7. The first-order valence-electron chi connectivity index (χ1n) is 6.10. The second-order valence-corrected chi connectivity index (χ2v) is 5.08. The molecule has 0 fully saturated rings. The summed E-state index contributed by atoms with van der Waals surface area (Å²) in [6, 6.07) is 3.14. The highest BCUT2D eigenvalue weighted by atomic mass is 32.1. The largest absolute Gasteiger partial charge is 0.480 e. The first-order valence-corrected chi connectivity index (χ1v) is 6.98. The fraction of sp³-hybridized carbons (Fsp3) is 0.308. The van der Waals surface area contributed by atoms with Crippen molar-refractivity contribution >= 4 is 17.0 Å². The van der Waals surface area contributed by atoms with Crippen LogP contribution in [0, 0.1) is 15.9 Å². The monoisotopic (exact) mass is 296 g/mol. The number of nitrogens with zero attached hydrogens (tertiary/aromatic N) is 2. The number of ether oxygens (including phenoxy) is 1. The van der Waals surface area contributed by atoms with Crippen molar-refractivity contribution in [2.45, 2.75) is 26.4 Å². The zero-order valence-electron chi connectivity index (χ0n) is 10.8. The van der Waals surface area contributed by atoms with Crippen LogP contribution in [0.4, 0.5) is 10.1 Å². The fourth-order valence-corrected chi connectivity index (χ4v) is 2.53. The lowest BCUT2D eigenvalue weighted by atomic mass is 10.3.